The number of imidazole rings is 1. The summed E-state index contributed by atoms with van der Waals surface area (Å²) in [5.74, 6) is 1.57. The summed E-state index contributed by atoms with van der Waals surface area (Å²) in [6.07, 6.45) is 3.46. The summed E-state index contributed by atoms with van der Waals surface area (Å²) in [5.41, 5.74) is 0.946. The van der Waals surface area contributed by atoms with E-state index in [9.17, 15) is 9.59 Å². The second-order valence-electron chi connectivity index (χ2n) is 7.26. The van der Waals surface area contributed by atoms with Gasteiger partial charge in [0.25, 0.3) is 5.56 Å². The predicted octanol–water partition coefficient (Wildman–Crippen LogP) is 2.12. The summed E-state index contributed by atoms with van der Waals surface area (Å²) < 4.78 is 12.6. The fraction of sp³-hybridized carbons (Fsp3) is 0.217. The number of amides is 1. The van der Waals surface area contributed by atoms with Crippen molar-refractivity contribution in [2.75, 3.05) is 14.2 Å². The highest BCUT2D eigenvalue weighted by molar-refractivity contribution is 5.88. The standard InChI is InChI=1S/C23H23N5O4/c1-28-9-8-24-22(28)21(14-10-15(31-2)12-16(11-14)32-3)25-20(29)13-19-17-6-4-5-7-18(17)23(30)27-26-19/h4-12,21H,13H2,1-3H3,(H,25,29)(H,27,30). The first-order chi connectivity index (χ1) is 15.5. The van der Waals surface area contributed by atoms with Crippen LogP contribution >= 0.6 is 0 Å². The van der Waals surface area contributed by atoms with Crippen molar-refractivity contribution in [2.45, 2.75) is 12.5 Å². The number of aromatic amines is 1. The summed E-state index contributed by atoms with van der Waals surface area (Å²) in [5, 5.41) is 10.7. The van der Waals surface area contributed by atoms with Crippen LogP contribution in [0.1, 0.15) is 23.1 Å². The SMILES string of the molecule is COc1cc(OC)cc(C(NC(=O)Cc2n[nH]c(=O)c3ccccc23)c2nccn2C)c1. The zero-order chi connectivity index (χ0) is 22.7. The third-order valence-electron chi connectivity index (χ3n) is 5.23. The van der Waals surface area contributed by atoms with E-state index in [4.69, 9.17) is 9.47 Å². The van der Waals surface area contributed by atoms with E-state index in [1.807, 2.05) is 36.0 Å². The Morgan fingerprint density at radius 2 is 1.81 bits per heavy atom. The quantitative estimate of drug-likeness (QED) is 0.462. The minimum absolute atomic E-state index is 0.0146. The molecule has 1 unspecified atom stereocenters. The topological polar surface area (TPSA) is 111 Å². The first-order valence-corrected chi connectivity index (χ1v) is 9.96. The number of fused-ring (bicyclic) bond motifs is 1. The van der Waals surface area contributed by atoms with Crippen molar-refractivity contribution in [1.29, 1.82) is 0 Å². The monoisotopic (exact) mass is 433 g/mol. The van der Waals surface area contributed by atoms with E-state index in [0.717, 1.165) is 5.56 Å². The molecule has 9 nitrogen and oxygen atoms in total. The number of carbonyl (C=O) groups excluding carboxylic acids is 1. The van der Waals surface area contributed by atoms with Gasteiger partial charge in [0, 0.05) is 30.9 Å². The molecule has 164 valence electrons. The summed E-state index contributed by atoms with van der Waals surface area (Å²) in [6, 6.07) is 11.9. The molecule has 0 saturated carbocycles. The lowest BCUT2D eigenvalue weighted by atomic mass is 10.0. The molecule has 0 bridgehead atoms. The van der Waals surface area contributed by atoms with E-state index in [1.165, 1.54) is 0 Å². The van der Waals surface area contributed by atoms with Crippen LogP contribution in [0.15, 0.2) is 59.7 Å². The van der Waals surface area contributed by atoms with E-state index in [1.54, 1.807) is 44.7 Å². The van der Waals surface area contributed by atoms with Gasteiger partial charge in [-0.25, -0.2) is 10.1 Å². The number of hydrogen-bond acceptors (Lipinski definition) is 6. The number of benzene rings is 2. The van der Waals surface area contributed by atoms with Crippen molar-refractivity contribution >= 4 is 16.7 Å². The second-order valence-corrected chi connectivity index (χ2v) is 7.26. The number of nitrogens with one attached hydrogen (secondary N) is 2. The Morgan fingerprint density at radius 3 is 2.44 bits per heavy atom. The van der Waals surface area contributed by atoms with Crippen molar-refractivity contribution in [1.82, 2.24) is 25.1 Å². The van der Waals surface area contributed by atoms with Crippen LogP contribution < -0.4 is 20.3 Å². The highest BCUT2D eigenvalue weighted by Gasteiger charge is 2.23. The fourth-order valence-corrected chi connectivity index (χ4v) is 3.62. The number of rotatable bonds is 7. The van der Waals surface area contributed by atoms with Crippen LogP contribution in [0, 0.1) is 0 Å². The summed E-state index contributed by atoms with van der Waals surface area (Å²) in [4.78, 5) is 29.6. The highest BCUT2D eigenvalue weighted by Crippen LogP contribution is 2.29. The van der Waals surface area contributed by atoms with E-state index >= 15 is 0 Å². The van der Waals surface area contributed by atoms with Crippen LogP contribution in [-0.4, -0.2) is 39.9 Å². The Bertz CT molecular complexity index is 1310. The van der Waals surface area contributed by atoms with Crippen molar-refractivity contribution < 1.29 is 14.3 Å². The van der Waals surface area contributed by atoms with Crippen LogP contribution in [0.25, 0.3) is 10.8 Å². The van der Waals surface area contributed by atoms with E-state index in [0.29, 0.717) is 33.8 Å². The largest absolute Gasteiger partial charge is 0.497 e. The fourth-order valence-electron chi connectivity index (χ4n) is 3.62. The minimum atomic E-state index is -0.555. The number of carbonyl (C=O) groups is 1. The molecule has 2 aromatic carbocycles. The van der Waals surface area contributed by atoms with Gasteiger partial charge < -0.3 is 19.4 Å². The molecule has 4 aromatic rings. The molecule has 1 atom stereocenters. The Morgan fingerprint density at radius 1 is 1.12 bits per heavy atom. The Hall–Kier alpha value is -4.14. The smallest absolute Gasteiger partial charge is 0.272 e. The molecule has 0 fully saturated rings. The highest BCUT2D eigenvalue weighted by atomic mass is 16.5. The Labute approximate surface area is 184 Å². The number of H-pyrrole nitrogens is 1. The van der Waals surface area contributed by atoms with Crippen LogP contribution in [0.4, 0.5) is 0 Å². The average Bonchev–Trinajstić information content (AvgIpc) is 3.24. The van der Waals surface area contributed by atoms with Gasteiger partial charge in [-0.2, -0.15) is 5.10 Å². The number of aryl methyl sites for hydroxylation is 1. The number of aromatic nitrogens is 4. The van der Waals surface area contributed by atoms with E-state index < -0.39 is 6.04 Å². The van der Waals surface area contributed by atoms with E-state index in [-0.39, 0.29) is 17.9 Å². The molecule has 0 spiro atoms. The van der Waals surface area contributed by atoms with Gasteiger partial charge >= 0.3 is 0 Å². The molecule has 2 heterocycles. The molecule has 0 radical (unpaired) electrons. The Balaban J connectivity index is 1.69. The average molecular weight is 433 g/mol. The molecule has 1 amide bonds. The molecule has 2 aromatic heterocycles. The second kappa shape index (κ2) is 8.93. The zero-order valence-electron chi connectivity index (χ0n) is 18.0. The molecular formula is C23H23N5O4. The number of nitrogens with zero attached hydrogens (tertiary/aromatic N) is 3. The normalized spacial score (nSPS) is 11.8. The maximum Gasteiger partial charge on any atom is 0.272 e. The number of ether oxygens (including phenoxy) is 2. The van der Waals surface area contributed by atoms with Crippen LogP contribution in [-0.2, 0) is 18.3 Å². The van der Waals surface area contributed by atoms with Crippen molar-refractivity contribution in [2.24, 2.45) is 7.05 Å². The molecule has 4 rings (SSSR count). The number of hydrogen-bond donors (Lipinski definition) is 2. The van der Waals surface area contributed by atoms with Crippen molar-refractivity contribution in [3.63, 3.8) is 0 Å². The third kappa shape index (κ3) is 4.18. The van der Waals surface area contributed by atoms with Gasteiger partial charge in [0.15, 0.2) is 0 Å². The van der Waals surface area contributed by atoms with Gasteiger partial charge in [-0.3, -0.25) is 9.59 Å². The van der Waals surface area contributed by atoms with Crippen molar-refractivity contribution in [3.05, 3.63) is 82.3 Å². The molecule has 0 saturated heterocycles. The lowest BCUT2D eigenvalue weighted by molar-refractivity contribution is -0.121. The summed E-state index contributed by atoms with van der Waals surface area (Å²) >= 11 is 0. The van der Waals surface area contributed by atoms with Gasteiger partial charge in [-0.05, 0) is 23.8 Å². The lowest BCUT2D eigenvalue weighted by Crippen LogP contribution is -2.32. The first kappa shape index (κ1) is 21.1. The number of methoxy groups -OCH3 is 2. The van der Waals surface area contributed by atoms with Gasteiger partial charge in [-0.1, -0.05) is 18.2 Å². The molecule has 32 heavy (non-hydrogen) atoms. The molecular weight excluding hydrogens is 410 g/mol. The summed E-state index contributed by atoms with van der Waals surface area (Å²) in [6.45, 7) is 0. The lowest BCUT2D eigenvalue weighted by Gasteiger charge is -2.20. The van der Waals surface area contributed by atoms with Gasteiger partial charge in [0.2, 0.25) is 5.91 Å². The molecule has 0 aliphatic rings. The molecule has 0 aliphatic carbocycles. The van der Waals surface area contributed by atoms with Crippen LogP contribution in [0.3, 0.4) is 0 Å². The minimum Gasteiger partial charge on any atom is -0.497 e. The van der Waals surface area contributed by atoms with Gasteiger partial charge in [0.05, 0.1) is 31.7 Å². The van der Waals surface area contributed by atoms with Crippen LogP contribution in [0.5, 0.6) is 11.5 Å². The maximum atomic E-state index is 13.1. The van der Waals surface area contributed by atoms with Crippen LogP contribution in [0.2, 0.25) is 0 Å². The van der Waals surface area contributed by atoms with Gasteiger partial charge in [-0.15, -0.1) is 0 Å². The first-order valence-electron chi connectivity index (χ1n) is 9.96. The molecule has 9 heteroatoms. The zero-order valence-corrected chi connectivity index (χ0v) is 18.0. The summed E-state index contributed by atoms with van der Waals surface area (Å²) in [7, 11) is 5.00. The molecule has 2 N–H and O–H groups in total. The van der Waals surface area contributed by atoms with Crippen molar-refractivity contribution in [3.8, 4) is 11.5 Å². The van der Waals surface area contributed by atoms with Gasteiger partial charge in [0.1, 0.15) is 23.4 Å². The predicted molar refractivity (Wildman–Crippen MR) is 119 cm³/mol. The maximum absolute atomic E-state index is 13.1. The third-order valence-corrected chi connectivity index (χ3v) is 5.23. The van der Waals surface area contributed by atoms with E-state index in [2.05, 4.69) is 20.5 Å². The Kier molecular flexibility index (Phi) is 5.89. The molecule has 0 aliphatic heterocycles.